The van der Waals surface area contributed by atoms with Crippen molar-refractivity contribution in [3.8, 4) is 11.1 Å². The lowest BCUT2D eigenvalue weighted by Gasteiger charge is -2.33. The van der Waals surface area contributed by atoms with Crippen LogP contribution in [0.25, 0.3) is 22.0 Å². The molecule has 2 aromatic heterocycles. The number of aromatic nitrogens is 2. The molecule has 1 aliphatic heterocycles. The summed E-state index contributed by atoms with van der Waals surface area (Å²) in [7, 11) is 1.39. The number of aryl methyl sites for hydroxylation is 2. The molecule has 47 heavy (non-hydrogen) atoms. The molecule has 1 amide bonds. The summed E-state index contributed by atoms with van der Waals surface area (Å²) in [5.41, 5.74) is 13.1. The number of aliphatic hydroxyl groups is 2. The predicted molar refractivity (Wildman–Crippen MR) is 184 cm³/mol. The van der Waals surface area contributed by atoms with E-state index >= 15 is 0 Å². The second-order valence-corrected chi connectivity index (χ2v) is 13.2. The number of pyridine rings is 1. The number of H-pyrrole nitrogens is 1. The van der Waals surface area contributed by atoms with E-state index < -0.39 is 11.9 Å². The van der Waals surface area contributed by atoms with E-state index in [1.807, 2.05) is 53.4 Å². The van der Waals surface area contributed by atoms with Crippen molar-refractivity contribution in [3.05, 3.63) is 83.2 Å². The second-order valence-electron chi connectivity index (χ2n) is 13.2. The summed E-state index contributed by atoms with van der Waals surface area (Å²) >= 11 is 0. The maximum atomic E-state index is 13.8. The standard InChI is InChI=1S/C37H48FN5O4/c1-24-31-8-4-6-27(13-15-32(38)47-3)36(31)41-35(24)29-7-5-17-43(21-29)34(46)19-30(39)18-25-9-11-26(12-10-25)28-14-16-33(40-20-28)42-37(2,22-44)23-45/h4,6,8-12,14,16,20,29-30,32,41,44-45H,5,7,13,15,17-19,21-23,39H2,1-3H3,(H,40,42)/t29?,30-,32?/m1/s1. The number of hydrogen-bond acceptors (Lipinski definition) is 7. The van der Waals surface area contributed by atoms with Crippen molar-refractivity contribution in [3.63, 3.8) is 0 Å². The van der Waals surface area contributed by atoms with Crippen LogP contribution in [-0.2, 0) is 22.4 Å². The molecule has 9 nitrogen and oxygen atoms in total. The number of ether oxygens (including phenoxy) is 1. The number of aromatic amines is 1. The van der Waals surface area contributed by atoms with Gasteiger partial charge in [0.25, 0.3) is 0 Å². The Morgan fingerprint density at radius 2 is 1.91 bits per heavy atom. The Morgan fingerprint density at radius 1 is 1.17 bits per heavy atom. The Hall–Kier alpha value is -3.83. The molecule has 0 saturated carbocycles. The lowest BCUT2D eigenvalue weighted by atomic mass is 9.91. The monoisotopic (exact) mass is 645 g/mol. The molecule has 252 valence electrons. The van der Waals surface area contributed by atoms with E-state index in [2.05, 4.69) is 28.3 Å². The van der Waals surface area contributed by atoms with Crippen LogP contribution >= 0.6 is 0 Å². The number of likely N-dealkylation sites (tertiary alicyclic amines) is 1. The molecule has 5 rings (SSSR count). The molecule has 3 atom stereocenters. The van der Waals surface area contributed by atoms with Crippen LogP contribution in [0.15, 0.2) is 60.8 Å². The van der Waals surface area contributed by atoms with Crippen LogP contribution in [0.1, 0.15) is 60.9 Å². The molecule has 0 bridgehead atoms. The van der Waals surface area contributed by atoms with Crippen molar-refractivity contribution in [2.75, 3.05) is 38.7 Å². The highest BCUT2D eigenvalue weighted by Crippen LogP contribution is 2.34. The summed E-state index contributed by atoms with van der Waals surface area (Å²) in [6.45, 7) is 4.81. The van der Waals surface area contributed by atoms with Gasteiger partial charge in [0.2, 0.25) is 5.91 Å². The Kier molecular flexibility index (Phi) is 11.3. The van der Waals surface area contributed by atoms with E-state index in [1.165, 1.54) is 12.7 Å². The van der Waals surface area contributed by atoms with Gasteiger partial charge in [-0.3, -0.25) is 4.79 Å². The van der Waals surface area contributed by atoms with Crippen LogP contribution in [0, 0.1) is 6.92 Å². The first-order chi connectivity index (χ1) is 22.6. The van der Waals surface area contributed by atoms with Crippen molar-refractivity contribution in [1.82, 2.24) is 14.9 Å². The van der Waals surface area contributed by atoms with Gasteiger partial charge in [0.15, 0.2) is 6.36 Å². The SMILES string of the molecule is COC(F)CCc1cccc2c(C)c(C3CCCN(C(=O)C[C@H](N)Cc4ccc(-c5ccc(NC(C)(CO)CO)nc5)cc4)C3)[nH]c12. The molecule has 0 radical (unpaired) electrons. The number of piperidine rings is 1. The molecule has 1 fully saturated rings. The number of aliphatic hydroxyl groups excluding tert-OH is 2. The summed E-state index contributed by atoms with van der Waals surface area (Å²) in [5, 5.41) is 23.2. The van der Waals surface area contributed by atoms with Gasteiger partial charge in [-0.2, -0.15) is 0 Å². The number of nitrogens with zero attached hydrogens (tertiary/aromatic N) is 2. The number of fused-ring (bicyclic) bond motifs is 1. The zero-order valence-corrected chi connectivity index (χ0v) is 27.6. The van der Waals surface area contributed by atoms with Gasteiger partial charge in [-0.1, -0.05) is 42.5 Å². The van der Waals surface area contributed by atoms with Crippen molar-refractivity contribution < 1.29 is 24.1 Å². The summed E-state index contributed by atoms with van der Waals surface area (Å²) in [6.07, 6.45) is 4.18. The highest BCUT2D eigenvalue weighted by Gasteiger charge is 2.28. The molecular weight excluding hydrogens is 597 g/mol. The number of para-hydroxylation sites is 1. The fraction of sp³-hybridized carbons (Fsp3) is 0.459. The van der Waals surface area contributed by atoms with Gasteiger partial charge in [-0.15, -0.1) is 0 Å². The number of hydrogen-bond donors (Lipinski definition) is 5. The lowest BCUT2D eigenvalue weighted by molar-refractivity contribution is -0.132. The summed E-state index contributed by atoms with van der Waals surface area (Å²) in [4.78, 5) is 23.5. The number of halogens is 1. The number of amides is 1. The highest BCUT2D eigenvalue weighted by molar-refractivity contribution is 5.87. The first-order valence-electron chi connectivity index (χ1n) is 16.5. The van der Waals surface area contributed by atoms with E-state index in [9.17, 15) is 19.4 Å². The van der Waals surface area contributed by atoms with Crippen molar-refractivity contribution in [1.29, 1.82) is 0 Å². The van der Waals surface area contributed by atoms with E-state index in [4.69, 9.17) is 10.5 Å². The van der Waals surface area contributed by atoms with Crippen LogP contribution in [-0.4, -0.2) is 82.3 Å². The summed E-state index contributed by atoms with van der Waals surface area (Å²) < 4.78 is 18.6. The minimum absolute atomic E-state index is 0.0834. The number of alkyl halides is 1. The normalized spacial score (nSPS) is 16.7. The fourth-order valence-corrected chi connectivity index (χ4v) is 6.51. The van der Waals surface area contributed by atoms with Crippen molar-refractivity contribution in [2.24, 2.45) is 5.73 Å². The van der Waals surface area contributed by atoms with Crippen LogP contribution in [0.2, 0.25) is 0 Å². The quantitative estimate of drug-likeness (QED) is 0.127. The van der Waals surface area contributed by atoms with Gasteiger partial charge in [0.05, 0.1) is 18.8 Å². The number of carbonyl (C=O) groups is 1. The molecule has 3 heterocycles. The number of anilines is 1. The van der Waals surface area contributed by atoms with E-state index in [0.29, 0.717) is 31.6 Å². The molecule has 6 N–H and O–H groups in total. The molecule has 4 aromatic rings. The average molecular weight is 646 g/mol. The number of rotatable bonds is 14. The molecule has 0 spiro atoms. The Morgan fingerprint density at radius 3 is 2.60 bits per heavy atom. The minimum atomic E-state index is -1.28. The van der Waals surface area contributed by atoms with Crippen molar-refractivity contribution >= 4 is 22.6 Å². The molecule has 1 saturated heterocycles. The molecular formula is C37H48FN5O4. The third-order valence-corrected chi connectivity index (χ3v) is 9.41. The first-order valence-corrected chi connectivity index (χ1v) is 16.5. The van der Waals surface area contributed by atoms with Gasteiger partial charge >= 0.3 is 0 Å². The second kappa shape index (κ2) is 15.4. The van der Waals surface area contributed by atoms with E-state index in [0.717, 1.165) is 58.2 Å². The largest absolute Gasteiger partial charge is 0.394 e. The number of nitrogens with two attached hydrogens (primary N) is 1. The molecule has 0 aliphatic carbocycles. The zero-order chi connectivity index (χ0) is 33.6. The third kappa shape index (κ3) is 8.37. The van der Waals surface area contributed by atoms with Gasteiger partial charge in [-0.25, -0.2) is 9.37 Å². The van der Waals surface area contributed by atoms with Crippen LogP contribution in [0.3, 0.4) is 0 Å². The van der Waals surface area contributed by atoms with Crippen LogP contribution < -0.4 is 11.1 Å². The third-order valence-electron chi connectivity index (χ3n) is 9.41. The first kappa shape index (κ1) is 34.5. The highest BCUT2D eigenvalue weighted by atomic mass is 19.1. The fourth-order valence-electron chi connectivity index (χ4n) is 6.51. The maximum Gasteiger partial charge on any atom is 0.224 e. The van der Waals surface area contributed by atoms with Crippen LogP contribution in [0.5, 0.6) is 0 Å². The molecule has 1 aliphatic rings. The Bertz CT molecular complexity index is 1620. The minimum Gasteiger partial charge on any atom is -0.394 e. The summed E-state index contributed by atoms with van der Waals surface area (Å²) in [5.74, 6) is 0.862. The van der Waals surface area contributed by atoms with Gasteiger partial charge < -0.3 is 35.9 Å². The number of nitrogens with one attached hydrogen (secondary N) is 2. The molecule has 10 heteroatoms. The van der Waals surface area contributed by atoms with Gasteiger partial charge in [0, 0.05) is 73.4 Å². The smallest absolute Gasteiger partial charge is 0.224 e. The molecule has 2 aromatic carbocycles. The lowest BCUT2D eigenvalue weighted by Crippen LogP contribution is -2.42. The Labute approximate surface area is 276 Å². The number of carbonyl (C=O) groups excluding carboxylic acids is 1. The van der Waals surface area contributed by atoms with Crippen molar-refractivity contribution in [2.45, 2.75) is 76.2 Å². The molecule has 2 unspecified atom stereocenters. The maximum absolute atomic E-state index is 13.8. The van der Waals surface area contributed by atoms with Crippen LogP contribution in [0.4, 0.5) is 10.2 Å². The van der Waals surface area contributed by atoms with E-state index in [1.54, 1.807) is 13.1 Å². The predicted octanol–water partition coefficient (Wildman–Crippen LogP) is 5.23. The average Bonchev–Trinajstić information content (AvgIpc) is 3.44. The Balaban J connectivity index is 1.16. The van der Waals surface area contributed by atoms with E-state index in [-0.39, 0.29) is 37.5 Å². The number of benzene rings is 2. The number of methoxy groups -OCH3 is 1. The zero-order valence-electron chi connectivity index (χ0n) is 27.6. The van der Waals surface area contributed by atoms with Gasteiger partial charge in [-0.05, 0) is 73.9 Å². The van der Waals surface area contributed by atoms with Gasteiger partial charge in [0.1, 0.15) is 5.82 Å². The summed E-state index contributed by atoms with van der Waals surface area (Å²) in [6, 6.07) is 17.8. The topological polar surface area (TPSA) is 137 Å².